The van der Waals surface area contributed by atoms with Gasteiger partial charge < -0.3 is 25.7 Å². The Morgan fingerprint density at radius 1 is 1.16 bits per heavy atom. The molecule has 0 unspecified atom stereocenters. The highest BCUT2D eigenvalue weighted by molar-refractivity contribution is 5.97. The van der Waals surface area contributed by atoms with Crippen molar-refractivity contribution < 1.29 is 33.4 Å². The van der Waals surface area contributed by atoms with Crippen molar-refractivity contribution in [2.45, 2.75) is 57.7 Å². The second kappa shape index (κ2) is 12.2. The highest BCUT2D eigenvalue weighted by Gasteiger charge is 2.51. The number of likely N-dealkylation sites (tertiary alicyclic amines) is 1. The lowest BCUT2D eigenvalue weighted by Gasteiger charge is -2.30. The zero-order chi connectivity index (χ0) is 28.0. The van der Waals surface area contributed by atoms with Crippen molar-refractivity contribution in [2.24, 2.45) is 0 Å². The maximum Gasteiger partial charge on any atom is 0.267 e. The summed E-state index contributed by atoms with van der Waals surface area (Å²) in [4.78, 5) is 39.9. The van der Waals surface area contributed by atoms with Crippen LogP contribution in [0.3, 0.4) is 0 Å². The summed E-state index contributed by atoms with van der Waals surface area (Å²) in [6.07, 6.45) is -1.01. The standard InChI is InChI=1S/C28H33F2N3O5/c1-4-17(2)15-31-26(37)22-14-28(29,30)16-33(22)27(38)24(35)21(13-19-9-6-5-7-10-19)32-25(36)20-11-8-12-23(34)18(20)3/h4-12,21-22,24,34-35H,13-16H2,1-3H3,(H,31,37)(H,32,36)/b17-4-/t21-,22-,24-/m0/s1. The molecule has 0 saturated carbocycles. The normalized spacial score (nSPS) is 18.5. The number of benzene rings is 2. The number of aromatic hydroxyl groups is 1. The van der Waals surface area contributed by atoms with Crippen LogP contribution in [0.25, 0.3) is 0 Å². The zero-order valence-corrected chi connectivity index (χ0v) is 21.6. The molecule has 0 spiro atoms. The lowest BCUT2D eigenvalue weighted by molar-refractivity contribution is -0.147. The average Bonchev–Trinajstić information content (AvgIpc) is 3.23. The number of nitrogens with one attached hydrogen (secondary N) is 2. The Balaban J connectivity index is 1.86. The molecule has 1 aliphatic rings. The van der Waals surface area contributed by atoms with Gasteiger partial charge in [0.05, 0.1) is 12.6 Å². The minimum atomic E-state index is -3.32. The smallest absolute Gasteiger partial charge is 0.267 e. The quantitative estimate of drug-likeness (QED) is 0.373. The van der Waals surface area contributed by atoms with E-state index in [-0.39, 0.29) is 24.3 Å². The first-order valence-electron chi connectivity index (χ1n) is 12.3. The maximum absolute atomic E-state index is 14.4. The van der Waals surface area contributed by atoms with Gasteiger partial charge in [0.1, 0.15) is 11.8 Å². The maximum atomic E-state index is 14.4. The van der Waals surface area contributed by atoms with Crippen LogP contribution in [0.5, 0.6) is 5.75 Å². The number of alkyl halides is 2. The van der Waals surface area contributed by atoms with E-state index in [4.69, 9.17) is 0 Å². The van der Waals surface area contributed by atoms with Crippen molar-refractivity contribution in [3.05, 3.63) is 76.9 Å². The molecular weight excluding hydrogens is 496 g/mol. The van der Waals surface area contributed by atoms with Crippen LogP contribution in [0.4, 0.5) is 8.78 Å². The van der Waals surface area contributed by atoms with Crippen molar-refractivity contribution in [1.82, 2.24) is 15.5 Å². The number of phenols is 1. The van der Waals surface area contributed by atoms with E-state index in [1.165, 1.54) is 18.2 Å². The molecule has 3 rings (SSSR count). The predicted octanol–water partition coefficient (Wildman–Crippen LogP) is 2.72. The number of aliphatic hydroxyl groups excluding tert-OH is 1. The number of halogens is 2. The van der Waals surface area contributed by atoms with Gasteiger partial charge in [-0.1, -0.05) is 48.0 Å². The van der Waals surface area contributed by atoms with E-state index in [0.29, 0.717) is 16.0 Å². The fraction of sp³-hybridized carbons (Fsp3) is 0.393. The molecule has 1 aliphatic heterocycles. The molecule has 3 amide bonds. The fourth-order valence-corrected chi connectivity index (χ4v) is 4.30. The molecule has 1 fully saturated rings. The Morgan fingerprint density at radius 2 is 1.84 bits per heavy atom. The molecule has 0 bridgehead atoms. The lowest BCUT2D eigenvalue weighted by atomic mass is 9.98. The molecule has 1 heterocycles. The Hall–Kier alpha value is -3.79. The molecule has 3 atom stereocenters. The van der Waals surface area contributed by atoms with Crippen LogP contribution >= 0.6 is 0 Å². The summed E-state index contributed by atoms with van der Waals surface area (Å²) in [7, 11) is 0. The largest absolute Gasteiger partial charge is 0.508 e. The second-order valence-electron chi connectivity index (χ2n) is 9.56. The molecule has 2 aromatic carbocycles. The summed E-state index contributed by atoms with van der Waals surface area (Å²) in [6, 6.07) is 10.4. The van der Waals surface area contributed by atoms with Gasteiger partial charge in [-0.15, -0.1) is 0 Å². The van der Waals surface area contributed by atoms with Gasteiger partial charge in [0.25, 0.3) is 17.7 Å². The molecular formula is C28H33F2N3O5. The van der Waals surface area contributed by atoms with Gasteiger partial charge in [-0.25, -0.2) is 8.78 Å². The summed E-state index contributed by atoms with van der Waals surface area (Å²) in [6.45, 7) is 4.19. The van der Waals surface area contributed by atoms with Gasteiger partial charge in [0.2, 0.25) is 5.91 Å². The number of allylic oxidation sites excluding steroid dienone is 1. The van der Waals surface area contributed by atoms with Crippen LogP contribution in [0.1, 0.15) is 41.8 Å². The first kappa shape index (κ1) is 28.8. The topological polar surface area (TPSA) is 119 Å². The molecule has 2 aromatic rings. The Bertz CT molecular complexity index is 1200. The molecule has 8 nitrogen and oxygen atoms in total. The number of nitrogens with zero attached hydrogens (tertiary/aromatic N) is 1. The third-order valence-corrected chi connectivity index (χ3v) is 6.69. The third kappa shape index (κ3) is 6.95. The van der Waals surface area contributed by atoms with Crippen LogP contribution in [0.15, 0.2) is 60.2 Å². The van der Waals surface area contributed by atoms with Gasteiger partial charge in [0.15, 0.2) is 6.10 Å². The van der Waals surface area contributed by atoms with Crippen molar-refractivity contribution >= 4 is 17.7 Å². The predicted molar refractivity (Wildman–Crippen MR) is 138 cm³/mol. The number of hydrogen-bond donors (Lipinski definition) is 4. The van der Waals surface area contributed by atoms with Crippen LogP contribution in [0, 0.1) is 6.92 Å². The molecule has 0 aromatic heterocycles. The molecule has 0 radical (unpaired) electrons. The van der Waals surface area contributed by atoms with E-state index >= 15 is 0 Å². The van der Waals surface area contributed by atoms with Crippen LogP contribution in [-0.2, 0) is 16.0 Å². The summed E-state index contributed by atoms with van der Waals surface area (Å²) in [5.74, 6) is -5.91. The van der Waals surface area contributed by atoms with E-state index in [0.717, 1.165) is 5.57 Å². The number of rotatable bonds is 9. The number of amides is 3. The van der Waals surface area contributed by atoms with Crippen molar-refractivity contribution in [3.63, 3.8) is 0 Å². The van der Waals surface area contributed by atoms with E-state index in [1.807, 2.05) is 0 Å². The fourth-order valence-electron chi connectivity index (χ4n) is 4.30. The SMILES string of the molecule is C/C=C(/C)CNC(=O)[C@@H]1CC(F)(F)CN1C(=O)[C@@H](O)[C@H](Cc1ccccc1)NC(=O)c1cccc(O)c1C. The molecule has 10 heteroatoms. The number of phenolic OH excluding ortho intramolecular Hbond substituents is 1. The minimum Gasteiger partial charge on any atom is -0.508 e. The van der Waals surface area contributed by atoms with Crippen molar-refractivity contribution in [1.29, 1.82) is 0 Å². The van der Waals surface area contributed by atoms with E-state index in [1.54, 1.807) is 57.2 Å². The lowest BCUT2D eigenvalue weighted by Crippen LogP contribution is -2.56. The van der Waals surface area contributed by atoms with Crippen molar-refractivity contribution in [2.75, 3.05) is 13.1 Å². The summed E-state index contributed by atoms with van der Waals surface area (Å²) in [5, 5.41) is 26.3. The Labute approximate surface area is 220 Å². The average molecular weight is 530 g/mol. The second-order valence-corrected chi connectivity index (χ2v) is 9.56. The van der Waals surface area contributed by atoms with E-state index in [9.17, 15) is 33.4 Å². The summed E-state index contributed by atoms with van der Waals surface area (Å²) >= 11 is 0. The highest BCUT2D eigenvalue weighted by Crippen LogP contribution is 2.33. The van der Waals surface area contributed by atoms with Crippen LogP contribution < -0.4 is 10.6 Å². The molecule has 204 valence electrons. The molecule has 0 aliphatic carbocycles. The molecule has 38 heavy (non-hydrogen) atoms. The Kier molecular flexibility index (Phi) is 9.22. The monoisotopic (exact) mass is 529 g/mol. The van der Waals surface area contributed by atoms with Gasteiger partial charge in [-0.05, 0) is 44.9 Å². The third-order valence-electron chi connectivity index (χ3n) is 6.69. The van der Waals surface area contributed by atoms with Crippen LogP contribution in [0.2, 0.25) is 0 Å². The van der Waals surface area contributed by atoms with E-state index in [2.05, 4.69) is 10.6 Å². The summed E-state index contributed by atoms with van der Waals surface area (Å²) < 4.78 is 28.8. The van der Waals surface area contributed by atoms with Gasteiger partial charge in [-0.3, -0.25) is 14.4 Å². The number of carbonyl (C=O) groups excluding carboxylic acids is 3. The van der Waals surface area contributed by atoms with Gasteiger partial charge in [0, 0.05) is 24.1 Å². The van der Waals surface area contributed by atoms with Crippen LogP contribution in [-0.4, -0.2) is 70.0 Å². The molecule has 1 saturated heterocycles. The van der Waals surface area contributed by atoms with Gasteiger partial charge >= 0.3 is 0 Å². The zero-order valence-electron chi connectivity index (χ0n) is 21.6. The minimum absolute atomic E-state index is 0.0128. The van der Waals surface area contributed by atoms with E-state index < -0.39 is 54.8 Å². The number of aliphatic hydroxyl groups is 1. The Morgan fingerprint density at radius 3 is 2.50 bits per heavy atom. The first-order chi connectivity index (χ1) is 17.9. The number of hydrogen-bond acceptors (Lipinski definition) is 5. The first-order valence-corrected chi connectivity index (χ1v) is 12.3. The summed E-state index contributed by atoms with van der Waals surface area (Å²) in [5.41, 5.74) is 1.93. The van der Waals surface area contributed by atoms with Crippen molar-refractivity contribution in [3.8, 4) is 5.75 Å². The highest BCUT2D eigenvalue weighted by atomic mass is 19.3. The number of carbonyl (C=O) groups is 3. The van der Waals surface area contributed by atoms with Gasteiger partial charge in [-0.2, -0.15) is 0 Å². The molecule has 4 N–H and O–H groups in total.